The number of aromatic nitrogens is 1. The van der Waals surface area contributed by atoms with Crippen molar-refractivity contribution < 1.29 is 23.6 Å². The molecule has 0 fully saturated rings. The van der Waals surface area contributed by atoms with Crippen molar-refractivity contribution in [3.63, 3.8) is 0 Å². The van der Waals surface area contributed by atoms with E-state index in [1.165, 1.54) is 13.2 Å². The zero-order valence-electron chi connectivity index (χ0n) is 17.3. The molecule has 8 heteroatoms. The quantitative estimate of drug-likeness (QED) is 0.417. The lowest BCUT2D eigenvalue weighted by atomic mass is 10.2. The van der Waals surface area contributed by atoms with Gasteiger partial charge >= 0.3 is 7.60 Å². The highest BCUT2D eigenvalue weighted by molar-refractivity contribution is 7.55. The monoisotopic (exact) mass is 408 g/mol. The SMILES string of the molecule is CCC(CC)P(=O)(ONc1nccc(C)c1C)Oc1cc(C)c(OC)c(O)c1. The second kappa shape index (κ2) is 9.30. The van der Waals surface area contributed by atoms with Gasteiger partial charge in [-0.3, -0.25) is 0 Å². The number of anilines is 1. The van der Waals surface area contributed by atoms with Gasteiger partial charge in [0.05, 0.1) is 12.8 Å². The molecule has 154 valence electrons. The first-order valence-electron chi connectivity index (χ1n) is 9.29. The number of methoxy groups -OCH3 is 1. The molecule has 0 spiro atoms. The van der Waals surface area contributed by atoms with Crippen LogP contribution >= 0.6 is 7.60 Å². The molecule has 2 aromatic rings. The minimum atomic E-state index is -3.62. The maximum atomic E-state index is 13.6. The number of benzene rings is 1. The standard InChI is InChI=1S/C20H29N2O5P/c1-7-17(8-2)28(24,27-22-20-15(5)13(3)9-10-21-20)26-16-11-14(4)19(25-6)18(23)12-16/h9-12,17,23H,7-8H2,1-6H3,(H,21,22). The van der Waals surface area contributed by atoms with Crippen LogP contribution in [0.25, 0.3) is 0 Å². The number of phenolic OH excluding ortho intramolecular Hbond substituents is 1. The molecule has 7 nitrogen and oxygen atoms in total. The summed E-state index contributed by atoms with van der Waals surface area (Å²) < 4.78 is 30.3. The van der Waals surface area contributed by atoms with Crippen LogP contribution in [0.4, 0.5) is 5.82 Å². The van der Waals surface area contributed by atoms with Gasteiger partial charge in [0.25, 0.3) is 0 Å². The van der Waals surface area contributed by atoms with Crippen LogP contribution in [-0.4, -0.2) is 22.9 Å². The van der Waals surface area contributed by atoms with E-state index < -0.39 is 7.60 Å². The average molecular weight is 408 g/mol. The Morgan fingerprint density at radius 2 is 1.86 bits per heavy atom. The van der Waals surface area contributed by atoms with E-state index in [1.807, 2.05) is 33.8 Å². The molecule has 0 saturated heterocycles. The molecular formula is C20H29N2O5P. The molecule has 0 amide bonds. The number of nitrogens with one attached hydrogen (secondary N) is 1. The fourth-order valence-electron chi connectivity index (χ4n) is 2.93. The van der Waals surface area contributed by atoms with Crippen molar-refractivity contribution in [2.45, 2.75) is 53.1 Å². The summed E-state index contributed by atoms with van der Waals surface area (Å²) in [5, 5.41) is 10.1. The fourth-order valence-corrected chi connectivity index (χ4v) is 4.78. The van der Waals surface area contributed by atoms with Crippen LogP contribution in [0.3, 0.4) is 0 Å². The summed E-state index contributed by atoms with van der Waals surface area (Å²) in [6.45, 7) is 9.50. The molecule has 0 aliphatic heterocycles. The Morgan fingerprint density at radius 1 is 1.18 bits per heavy atom. The molecular weight excluding hydrogens is 379 g/mol. The van der Waals surface area contributed by atoms with E-state index in [0.717, 1.165) is 11.1 Å². The first-order valence-corrected chi connectivity index (χ1v) is 10.9. The Hall–Kier alpha value is -2.24. The number of ether oxygens (including phenoxy) is 1. The van der Waals surface area contributed by atoms with Crippen molar-refractivity contribution in [2.24, 2.45) is 0 Å². The topological polar surface area (TPSA) is 89.9 Å². The number of aryl methyl sites for hydroxylation is 2. The van der Waals surface area contributed by atoms with Gasteiger partial charge in [-0.2, -0.15) is 4.62 Å². The van der Waals surface area contributed by atoms with Gasteiger partial charge in [0.2, 0.25) is 0 Å². The lowest BCUT2D eigenvalue weighted by Crippen LogP contribution is -2.17. The van der Waals surface area contributed by atoms with Gasteiger partial charge in [0.15, 0.2) is 17.3 Å². The Balaban J connectivity index is 2.33. The molecule has 2 N–H and O–H groups in total. The van der Waals surface area contributed by atoms with E-state index in [1.54, 1.807) is 19.2 Å². The smallest absolute Gasteiger partial charge is 0.403 e. The van der Waals surface area contributed by atoms with Gasteiger partial charge in [-0.05, 0) is 62.4 Å². The minimum absolute atomic E-state index is 0.0854. The van der Waals surface area contributed by atoms with Gasteiger partial charge in [0, 0.05) is 12.3 Å². The summed E-state index contributed by atoms with van der Waals surface area (Å²) in [5.41, 5.74) is 5.01. The van der Waals surface area contributed by atoms with Crippen molar-refractivity contribution in [1.29, 1.82) is 0 Å². The summed E-state index contributed by atoms with van der Waals surface area (Å²) in [5.74, 6) is 1.01. The lowest BCUT2D eigenvalue weighted by Gasteiger charge is -2.26. The molecule has 0 bridgehead atoms. The first-order chi connectivity index (χ1) is 13.3. The van der Waals surface area contributed by atoms with Gasteiger partial charge in [0.1, 0.15) is 5.75 Å². The molecule has 1 aromatic heterocycles. The molecule has 0 radical (unpaired) electrons. The fraction of sp³-hybridized carbons (Fsp3) is 0.450. The number of pyridine rings is 1. The van der Waals surface area contributed by atoms with E-state index in [-0.39, 0.29) is 17.2 Å². The minimum Gasteiger partial charge on any atom is -0.504 e. The molecule has 1 atom stereocenters. The largest absolute Gasteiger partial charge is 0.504 e. The summed E-state index contributed by atoms with van der Waals surface area (Å²) in [6, 6.07) is 4.92. The van der Waals surface area contributed by atoms with Crippen molar-refractivity contribution >= 4 is 13.4 Å². The molecule has 0 aliphatic rings. The first kappa shape index (κ1) is 22.1. The highest BCUT2D eigenvalue weighted by Crippen LogP contribution is 2.56. The normalized spacial score (nSPS) is 13.2. The predicted octanol–water partition coefficient (Wildman–Crippen LogP) is 5.53. The lowest BCUT2D eigenvalue weighted by molar-refractivity contribution is 0.301. The van der Waals surface area contributed by atoms with Crippen LogP contribution in [0.2, 0.25) is 0 Å². The van der Waals surface area contributed by atoms with Crippen LogP contribution in [0.15, 0.2) is 24.4 Å². The second-order valence-electron chi connectivity index (χ2n) is 6.69. The molecule has 0 aliphatic carbocycles. The van der Waals surface area contributed by atoms with E-state index in [2.05, 4.69) is 10.5 Å². The van der Waals surface area contributed by atoms with Gasteiger partial charge in [-0.15, -0.1) is 0 Å². The summed E-state index contributed by atoms with van der Waals surface area (Å²) >= 11 is 0. The highest BCUT2D eigenvalue weighted by Gasteiger charge is 2.37. The number of aromatic hydroxyl groups is 1. The summed E-state index contributed by atoms with van der Waals surface area (Å²) in [4.78, 5) is 4.24. The second-order valence-corrected chi connectivity index (χ2v) is 8.86. The van der Waals surface area contributed by atoms with E-state index >= 15 is 0 Å². The number of nitrogens with zero attached hydrogens (tertiary/aromatic N) is 1. The number of hydrogen-bond acceptors (Lipinski definition) is 7. The van der Waals surface area contributed by atoms with Crippen LogP contribution in [-0.2, 0) is 9.19 Å². The molecule has 1 unspecified atom stereocenters. The zero-order valence-corrected chi connectivity index (χ0v) is 18.2. The van der Waals surface area contributed by atoms with Crippen LogP contribution in [0, 0.1) is 20.8 Å². The van der Waals surface area contributed by atoms with Crippen LogP contribution in [0.5, 0.6) is 17.2 Å². The van der Waals surface area contributed by atoms with Crippen LogP contribution in [0.1, 0.15) is 43.4 Å². The third kappa shape index (κ3) is 4.78. The van der Waals surface area contributed by atoms with Crippen molar-refractivity contribution in [2.75, 3.05) is 12.6 Å². The van der Waals surface area contributed by atoms with E-state index in [0.29, 0.717) is 30.0 Å². The Labute approximate surface area is 166 Å². The van der Waals surface area contributed by atoms with Crippen molar-refractivity contribution in [3.05, 3.63) is 41.1 Å². The van der Waals surface area contributed by atoms with Crippen molar-refractivity contribution in [1.82, 2.24) is 4.98 Å². The molecule has 28 heavy (non-hydrogen) atoms. The zero-order chi connectivity index (χ0) is 20.9. The van der Waals surface area contributed by atoms with Crippen molar-refractivity contribution in [3.8, 4) is 17.2 Å². The summed E-state index contributed by atoms with van der Waals surface area (Å²) in [6.07, 6.45) is 2.87. The van der Waals surface area contributed by atoms with Gasteiger partial charge < -0.3 is 14.4 Å². The average Bonchev–Trinajstić information content (AvgIpc) is 2.63. The maximum Gasteiger partial charge on any atom is 0.403 e. The number of rotatable bonds is 9. The molecule has 0 saturated carbocycles. The molecule has 1 aromatic carbocycles. The number of hydrogen-bond donors (Lipinski definition) is 2. The number of phenols is 1. The third-order valence-corrected chi connectivity index (χ3v) is 7.24. The predicted molar refractivity (Wildman–Crippen MR) is 110 cm³/mol. The van der Waals surface area contributed by atoms with E-state index in [9.17, 15) is 9.67 Å². The van der Waals surface area contributed by atoms with E-state index in [4.69, 9.17) is 13.9 Å². The third-order valence-electron chi connectivity index (χ3n) is 4.80. The molecule has 2 rings (SSSR count). The van der Waals surface area contributed by atoms with Gasteiger partial charge in [-0.1, -0.05) is 13.8 Å². The Kier molecular flexibility index (Phi) is 7.33. The Bertz CT molecular complexity index is 845. The highest BCUT2D eigenvalue weighted by atomic mass is 31.2. The Morgan fingerprint density at radius 3 is 2.43 bits per heavy atom. The van der Waals surface area contributed by atoms with Crippen LogP contribution < -0.4 is 14.7 Å². The van der Waals surface area contributed by atoms with Gasteiger partial charge in [-0.25, -0.2) is 15.0 Å². The maximum absolute atomic E-state index is 13.6. The summed E-state index contributed by atoms with van der Waals surface area (Å²) in [7, 11) is -2.14. The molecule has 1 heterocycles.